The molecule has 1 heterocycles. The van der Waals surface area contributed by atoms with E-state index in [4.69, 9.17) is 11.6 Å². The SMILES string of the molecule is FC(F)CN1CCCC(CCCl)C1. The molecular weight excluding hydrogens is 196 g/mol. The van der Waals surface area contributed by atoms with Gasteiger partial charge in [0.15, 0.2) is 0 Å². The van der Waals surface area contributed by atoms with E-state index in [0.29, 0.717) is 11.8 Å². The highest BCUT2D eigenvalue weighted by Crippen LogP contribution is 2.20. The standard InChI is InChI=1S/C9H16ClF2N/c10-4-3-8-2-1-5-13(6-8)7-9(11)12/h8-9H,1-7H2. The molecule has 0 radical (unpaired) electrons. The van der Waals surface area contributed by atoms with Crippen LogP contribution in [0.2, 0.25) is 0 Å². The minimum Gasteiger partial charge on any atom is -0.297 e. The average molecular weight is 212 g/mol. The largest absolute Gasteiger partial charge is 0.297 e. The average Bonchev–Trinajstić information content (AvgIpc) is 2.04. The predicted molar refractivity (Wildman–Crippen MR) is 50.5 cm³/mol. The lowest BCUT2D eigenvalue weighted by Crippen LogP contribution is -2.38. The lowest BCUT2D eigenvalue weighted by molar-refractivity contribution is 0.0644. The number of likely N-dealkylation sites (tertiary alicyclic amines) is 1. The summed E-state index contributed by atoms with van der Waals surface area (Å²) in [4.78, 5) is 1.85. The zero-order valence-electron chi connectivity index (χ0n) is 7.69. The maximum absolute atomic E-state index is 12.1. The van der Waals surface area contributed by atoms with Gasteiger partial charge in [0.1, 0.15) is 0 Å². The molecule has 4 heteroatoms. The van der Waals surface area contributed by atoms with Crippen LogP contribution in [0.5, 0.6) is 0 Å². The zero-order valence-corrected chi connectivity index (χ0v) is 8.44. The topological polar surface area (TPSA) is 3.24 Å². The van der Waals surface area contributed by atoms with Crippen molar-refractivity contribution >= 4 is 11.6 Å². The second-order valence-corrected chi connectivity index (χ2v) is 4.01. The first-order chi connectivity index (χ1) is 6.22. The fraction of sp³-hybridized carbons (Fsp3) is 1.00. The van der Waals surface area contributed by atoms with Crippen molar-refractivity contribution < 1.29 is 8.78 Å². The number of hydrogen-bond donors (Lipinski definition) is 0. The van der Waals surface area contributed by atoms with Crippen LogP contribution in [0.3, 0.4) is 0 Å². The second kappa shape index (κ2) is 5.76. The molecule has 0 aromatic heterocycles. The van der Waals surface area contributed by atoms with Crippen molar-refractivity contribution in [2.24, 2.45) is 5.92 Å². The summed E-state index contributed by atoms with van der Waals surface area (Å²) in [7, 11) is 0. The van der Waals surface area contributed by atoms with Crippen LogP contribution in [0.15, 0.2) is 0 Å². The molecule has 0 aromatic rings. The molecule has 1 fully saturated rings. The highest BCUT2D eigenvalue weighted by atomic mass is 35.5. The summed E-state index contributed by atoms with van der Waals surface area (Å²) in [6, 6.07) is 0. The van der Waals surface area contributed by atoms with Gasteiger partial charge in [-0.25, -0.2) is 8.78 Å². The fourth-order valence-corrected chi connectivity index (χ4v) is 2.21. The number of hydrogen-bond acceptors (Lipinski definition) is 1. The minimum atomic E-state index is -2.20. The van der Waals surface area contributed by atoms with Crippen molar-refractivity contribution in [2.45, 2.75) is 25.7 Å². The molecule has 1 aliphatic heterocycles. The van der Waals surface area contributed by atoms with Gasteiger partial charge < -0.3 is 0 Å². The number of rotatable bonds is 4. The third kappa shape index (κ3) is 4.23. The van der Waals surface area contributed by atoms with Crippen molar-refractivity contribution in [3.8, 4) is 0 Å². The Bertz CT molecular complexity index is 142. The van der Waals surface area contributed by atoms with Crippen LogP contribution in [0, 0.1) is 5.92 Å². The Kier molecular flexibility index (Phi) is 4.96. The van der Waals surface area contributed by atoms with Gasteiger partial charge in [0.2, 0.25) is 0 Å². The number of piperidine rings is 1. The van der Waals surface area contributed by atoms with E-state index in [-0.39, 0.29) is 6.54 Å². The van der Waals surface area contributed by atoms with Crippen molar-refractivity contribution in [2.75, 3.05) is 25.5 Å². The smallest absolute Gasteiger partial charge is 0.251 e. The minimum absolute atomic E-state index is 0.0706. The Balaban J connectivity index is 2.24. The van der Waals surface area contributed by atoms with Gasteiger partial charge >= 0.3 is 0 Å². The first kappa shape index (κ1) is 11.2. The first-order valence-electron chi connectivity index (χ1n) is 4.79. The van der Waals surface area contributed by atoms with E-state index in [2.05, 4.69) is 0 Å². The highest BCUT2D eigenvalue weighted by Gasteiger charge is 2.21. The summed E-state index contributed by atoms with van der Waals surface area (Å²) in [5, 5.41) is 0. The van der Waals surface area contributed by atoms with E-state index < -0.39 is 6.43 Å². The lowest BCUT2D eigenvalue weighted by atomic mass is 9.96. The maximum Gasteiger partial charge on any atom is 0.251 e. The third-order valence-corrected chi connectivity index (χ3v) is 2.73. The molecule has 0 bridgehead atoms. The Hall–Kier alpha value is 0.110. The number of nitrogens with zero attached hydrogens (tertiary/aromatic N) is 1. The normalized spacial score (nSPS) is 25.4. The molecule has 1 atom stereocenters. The van der Waals surface area contributed by atoms with E-state index in [9.17, 15) is 8.78 Å². The van der Waals surface area contributed by atoms with Crippen molar-refractivity contribution in [3.63, 3.8) is 0 Å². The van der Waals surface area contributed by atoms with Crippen LogP contribution in [0.4, 0.5) is 8.78 Å². The Morgan fingerprint density at radius 3 is 2.85 bits per heavy atom. The molecule has 0 spiro atoms. The molecule has 0 N–H and O–H groups in total. The second-order valence-electron chi connectivity index (χ2n) is 3.64. The number of halogens is 3. The monoisotopic (exact) mass is 211 g/mol. The Morgan fingerprint density at radius 2 is 2.23 bits per heavy atom. The van der Waals surface area contributed by atoms with Gasteiger partial charge in [-0.05, 0) is 31.7 Å². The summed E-state index contributed by atoms with van der Waals surface area (Å²) >= 11 is 5.62. The highest BCUT2D eigenvalue weighted by molar-refractivity contribution is 6.17. The van der Waals surface area contributed by atoms with E-state index >= 15 is 0 Å². The molecule has 1 unspecified atom stereocenters. The van der Waals surface area contributed by atoms with E-state index in [1.54, 1.807) is 0 Å². The molecule has 0 saturated carbocycles. The van der Waals surface area contributed by atoms with E-state index in [1.807, 2.05) is 4.90 Å². The molecule has 1 nitrogen and oxygen atoms in total. The van der Waals surface area contributed by atoms with Gasteiger partial charge in [0.05, 0.1) is 6.54 Å². The molecule has 13 heavy (non-hydrogen) atoms. The van der Waals surface area contributed by atoms with Crippen LogP contribution < -0.4 is 0 Å². The van der Waals surface area contributed by atoms with Crippen molar-refractivity contribution in [1.29, 1.82) is 0 Å². The van der Waals surface area contributed by atoms with Gasteiger partial charge in [0.25, 0.3) is 6.43 Å². The molecule has 78 valence electrons. The van der Waals surface area contributed by atoms with E-state index in [1.165, 1.54) is 0 Å². The fourth-order valence-electron chi connectivity index (χ4n) is 1.90. The lowest BCUT2D eigenvalue weighted by Gasteiger charge is -2.32. The number of alkyl halides is 3. The summed E-state index contributed by atoms with van der Waals surface area (Å²) in [6.45, 7) is 1.55. The van der Waals surface area contributed by atoms with Crippen LogP contribution in [0.1, 0.15) is 19.3 Å². The summed E-state index contributed by atoms with van der Waals surface area (Å²) in [5.74, 6) is 1.18. The summed E-state index contributed by atoms with van der Waals surface area (Å²) in [5.41, 5.74) is 0. The van der Waals surface area contributed by atoms with Crippen LogP contribution in [-0.2, 0) is 0 Å². The zero-order chi connectivity index (χ0) is 9.68. The third-order valence-electron chi connectivity index (χ3n) is 2.52. The molecular formula is C9H16ClF2N. The van der Waals surface area contributed by atoms with E-state index in [0.717, 1.165) is 32.4 Å². The molecule has 0 aliphatic carbocycles. The summed E-state index contributed by atoms with van der Waals surface area (Å²) < 4.78 is 24.1. The quantitative estimate of drug-likeness (QED) is 0.647. The van der Waals surface area contributed by atoms with Gasteiger partial charge in [-0.1, -0.05) is 0 Å². The van der Waals surface area contributed by atoms with Crippen LogP contribution in [-0.4, -0.2) is 36.8 Å². The van der Waals surface area contributed by atoms with Gasteiger partial charge in [-0.15, -0.1) is 11.6 Å². The molecule has 1 saturated heterocycles. The Labute approximate surface area is 83.0 Å². The maximum atomic E-state index is 12.1. The van der Waals surface area contributed by atoms with Gasteiger partial charge in [-0.2, -0.15) is 0 Å². The van der Waals surface area contributed by atoms with Crippen molar-refractivity contribution in [1.82, 2.24) is 4.90 Å². The molecule has 1 aliphatic rings. The van der Waals surface area contributed by atoms with Gasteiger partial charge in [-0.3, -0.25) is 4.90 Å². The van der Waals surface area contributed by atoms with Crippen molar-refractivity contribution in [3.05, 3.63) is 0 Å². The van der Waals surface area contributed by atoms with Gasteiger partial charge in [0, 0.05) is 12.4 Å². The Morgan fingerprint density at radius 1 is 1.46 bits per heavy atom. The molecule has 0 amide bonds. The van der Waals surface area contributed by atoms with Crippen LogP contribution in [0.25, 0.3) is 0 Å². The first-order valence-corrected chi connectivity index (χ1v) is 5.32. The van der Waals surface area contributed by atoms with Crippen LogP contribution >= 0.6 is 11.6 Å². The summed E-state index contributed by atoms with van der Waals surface area (Å²) in [6.07, 6.45) is 0.942. The predicted octanol–water partition coefficient (Wildman–Crippen LogP) is 2.59. The molecule has 0 aromatic carbocycles. The molecule has 1 rings (SSSR count).